The van der Waals surface area contributed by atoms with E-state index in [-0.39, 0.29) is 11.8 Å². The van der Waals surface area contributed by atoms with Crippen LogP contribution in [-0.2, 0) is 9.59 Å². The van der Waals surface area contributed by atoms with Gasteiger partial charge in [-0.05, 0) is 50.7 Å². The van der Waals surface area contributed by atoms with Crippen LogP contribution in [0.3, 0.4) is 0 Å². The van der Waals surface area contributed by atoms with Crippen LogP contribution in [0, 0.1) is 11.8 Å². The number of carboxylic acid groups (broad SMARTS) is 1. The number of benzene rings is 1. The minimum atomic E-state index is -0.943. The van der Waals surface area contributed by atoms with E-state index in [1.165, 1.54) is 6.92 Å². The van der Waals surface area contributed by atoms with Crippen LogP contribution < -0.4 is 16.6 Å². The highest BCUT2D eigenvalue weighted by Gasteiger charge is 2.27. The van der Waals surface area contributed by atoms with Crippen LogP contribution in [0.25, 0.3) is 10.9 Å². The lowest BCUT2D eigenvalue weighted by molar-refractivity contribution is -0.143. The average molecular weight is 373 g/mol. The fourth-order valence-electron chi connectivity index (χ4n) is 3.65. The number of nitrogens with one attached hydrogen (secondary N) is 2. The number of carbonyl (C=O) groups excluding carboxylic acids is 1. The first-order chi connectivity index (χ1) is 12.9. The number of rotatable bonds is 5. The van der Waals surface area contributed by atoms with E-state index in [0.717, 1.165) is 17.4 Å². The highest BCUT2D eigenvalue weighted by Crippen LogP contribution is 2.28. The molecule has 1 aromatic carbocycles. The lowest BCUT2D eigenvalue weighted by atomic mass is 9.82. The number of hydrogen-bond donors (Lipinski definition) is 3. The summed E-state index contributed by atoms with van der Waals surface area (Å²) in [5, 5.41) is 12.2. The quantitative estimate of drug-likeness (QED) is 0.728. The maximum Gasteiger partial charge on any atom is 0.329 e. The lowest BCUT2D eigenvalue weighted by Crippen LogP contribution is -2.44. The lowest BCUT2D eigenvalue weighted by Gasteiger charge is -2.26. The first kappa shape index (κ1) is 18.9. The van der Waals surface area contributed by atoms with Gasteiger partial charge in [0.15, 0.2) is 0 Å². The Hall–Kier alpha value is -2.90. The number of fused-ring (bicyclic) bond motifs is 1. The van der Waals surface area contributed by atoms with Gasteiger partial charge in [0.1, 0.15) is 6.04 Å². The van der Waals surface area contributed by atoms with Crippen molar-refractivity contribution in [1.82, 2.24) is 14.9 Å². The number of H-pyrrole nitrogens is 1. The summed E-state index contributed by atoms with van der Waals surface area (Å²) < 4.78 is 0.930. The maximum atomic E-state index is 12.6. The molecule has 1 saturated carbocycles. The topological polar surface area (TPSA) is 121 Å². The molecule has 1 atom stereocenters. The van der Waals surface area contributed by atoms with E-state index in [0.29, 0.717) is 30.3 Å². The predicted molar refractivity (Wildman–Crippen MR) is 99.6 cm³/mol. The first-order valence-electron chi connectivity index (χ1n) is 9.12. The van der Waals surface area contributed by atoms with Gasteiger partial charge in [0.25, 0.3) is 5.56 Å². The molecule has 3 rings (SSSR count). The van der Waals surface area contributed by atoms with Crippen LogP contribution in [0.15, 0.2) is 33.9 Å². The molecule has 0 radical (unpaired) electrons. The Kier molecular flexibility index (Phi) is 5.43. The summed E-state index contributed by atoms with van der Waals surface area (Å²) in [6.45, 7) is 1.93. The van der Waals surface area contributed by atoms with Gasteiger partial charge in [-0.3, -0.25) is 14.4 Å². The molecule has 8 heteroatoms. The van der Waals surface area contributed by atoms with Gasteiger partial charge in [-0.15, -0.1) is 0 Å². The van der Waals surface area contributed by atoms with Gasteiger partial charge in [-0.1, -0.05) is 12.1 Å². The fourth-order valence-corrected chi connectivity index (χ4v) is 3.65. The molecule has 1 aliphatic rings. The summed E-state index contributed by atoms with van der Waals surface area (Å²) >= 11 is 0. The van der Waals surface area contributed by atoms with Gasteiger partial charge in [-0.2, -0.15) is 0 Å². The minimum Gasteiger partial charge on any atom is -0.481 e. The third-order valence-electron chi connectivity index (χ3n) is 5.36. The third kappa shape index (κ3) is 3.94. The zero-order chi connectivity index (χ0) is 19.6. The molecule has 1 aliphatic carbocycles. The van der Waals surface area contributed by atoms with Gasteiger partial charge < -0.3 is 15.4 Å². The van der Waals surface area contributed by atoms with Crippen molar-refractivity contribution in [3.8, 4) is 0 Å². The van der Waals surface area contributed by atoms with Crippen molar-refractivity contribution in [2.24, 2.45) is 11.8 Å². The number of amides is 1. The molecule has 1 aromatic heterocycles. The number of carbonyl (C=O) groups is 2. The van der Waals surface area contributed by atoms with Gasteiger partial charge in [0.05, 0.1) is 16.8 Å². The summed E-state index contributed by atoms with van der Waals surface area (Å²) in [6, 6.07) is 5.72. The highest BCUT2D eigenvalue weighted by molar-refractivity contribution is 5.81. The van der Waals surface area contributed by atoms with Crippen molar-refractivity contribution in [1.29, 1.82) is 0 Å². The van der Waals surface area contributed by atoms with E-state index >= 15 is 0 Å². The van der Waals surface area contributed by atoms with Crippen LogP contribution in [0.2, 0.25) is 0 Å². The zero-order valence-electron chi connectivity index (χ0n) is 15.1. The summed E-state index contributed by atoms with van der Waals surface area (Å²) in [4.78, 5) is 51.0. The Morgan fingerprint density at radius 1 is 1.22 bits per heavy atom. The monoisotopic (exact) mass is 373 g/mol. The van der Waals surface area contributed by atoms with Gasteiger partial charge in [0.2, 0.25) is 5.91 Å². The summed E-state index contributed by atoms with van der Waals surface area (Å²) in [7, 11) is 0. The first-order valence-corrected chi connectivity index (χ1v) is 9.12. The van der Waals surface area contributed by atoms with E-state index in [1.807, 2.05) is 0 Å². The van der Waals surface area contributed by atoms with Gasteiger partial charge in [0, 0.05) is 6.54 Å². The van der Waals surface area contributed by atoms with Crippen molar-refractivity contribution < 1.29 is 14.7 Å². The molecule has 144 valence electrons. The van der Waals surface area contributed by atoms with Crippen LogP contribution >= 0.6 is 0 Å². The molecule has 0 unspecified atom stereocenters. The molecule has 1 heterocycles. The Labute approximate surface area is 155 Å². The number of para-hydroxylation sites is 1. The molecular formula is C19H23N3O5. The molecule has 27 heavy (non-hydrogen) atoms. The second kappa shape index (κ2) is 7.77. The Morgan fingerprint density at radius 2 is 1.89 bits per heavy atom. The fraction of sp³-hybridized carbons (Fsp3) is 0.474. The van der Waals surface area contributed by atoms with Crippen molar-refractivity contribution in [3.05, 3.63) is 45.1 Å². The van der Waals surface area contributed by atoms with E-state index in [1.54, 1.807) is 24.3 Å². The molecule has 2 aromatic rings. The van der Waals surface area contributed by atoms with Crippen LogP contribution in [0.4, 0.5) is 0 Å². The summed E-state index contributed by atoms with van der Waals surface area (Å²) in [6.07, 6.45) is 2.69. The van der Waals surface area contributed by atoms with E-state index in [4.69, 9.17) is 5.11 Å². The number of aromatic nitrogens is 2. The second-order valence-corrected chi connectivity index (χ2v) is 7.13. The average Bonchev–Trinajstić information content (AvgIpc) is 2.66. The molecule has 0 bridgehead atoms. The highest BCUT2D eigenvalue weighted by atomic mass is 16.4. The Bertz CT molecular complexity index is 969. The molecule has 8 nitrogen and oxygen atoms in total. The largest absolute Gasteiger partial charge is 0.481 e. The molecule has 0 spiro atoms. The van der Waals surface area contributed by atoms with Gasteiger partial charge >= 0.3 is 11.7 Å². The van der Waals surface area contributed by atoms with Crippen molar-refractivity contribution in [2.75, 3.05) is 6.54 Å². The molecule has 0 aliphatic heterocycles. The molecule has 1 amide bonds. The van der Waals surface area contributed by atoms with Crippen molar-refractivity contribution >= 4 is 22.8 Å². The smallest absolute Gasteiger partial charge is 0.329 e. The van der Waals surface area contributed by atoms with E-state index in [9.17, 15) is 19.2 Å². The normalized spacial score (nSPS) is 20.9. The van der Waals surface area contributed by atoms with Crippen LogP contribution in [0.1, 0.15) is 38.6 Å². The van der Waals surface area contributed by atoms with Crippen molar-refractivity contribution in [3.63, 3.8) is 0 Å². The number of aromatic amines is 1. The van der Waals surface area contributed by atoms with Gasteiger partial charge in [-0.25, -0.2) is 9.36 Å². The van der Waals surface area contributed by atoms with Crippen LogP contribution in [-0.4, -0.2) is 33.1 Å². The standard InChI is InChI=1S/C19H23N3O5/c1-11(16(23)20-10-12-6-8-13(9-7-12)18(25)26)22-17(24)14-4-2-3-5-15(14)21-19(22)27/h2-5,11-13H,6-10H2,1H3,(H,20,23)(H,21,27)(H,25,26)/t11-,12?,13?/m1/s1. The second-order valence-electron chi connectivity index (χ2n) is 7.13. The number of aliphatic carboxylic acids is 1. The number of hydrogen-bond acceptors (Lipinski definition) is 4. The molecule has 0 saturated heterocycles. The predicted octanol–water partition coefficient (Wildman–Crippen LogP) is 1.26. The number of nitrogens with zero attached hydrogens (tertiary/aromatic N) is 1. The summed E-state index contributed by atoms with van der Waals surface area (Å²) in [5.41, 5.74) is -0.686. The molecule has 3 N–H and O–H groups in total. The number of carboxylic acids is 1. The van der Waals surface area contributed by atoms with Crippen LogP contribution in [0.5, 0.6) is 0 Å². The zero-order valence-corrected chi connectivity index (χ0v) is 15.1. The SMILES string of the molecule is C[C@H](C(=O)NCC1CCC(C(=O)O)CC1)n1c(=O)[nH]c2ccccc2c1=O. The van der Waals surface area contributed by atoms with E-state index < -0.39 is 29.2 Å². The maximum absolute atomic E-state index is 12.6. The van der Waals surface area contributed by atoms with E-state index in [2.05, 4.69) is 10.3 Å². The molecule has 1 fully saturated rings. The summed E-state index contributed by atoms with van der Waals surface area (Å²) in [5.74, 6) is -1.26. The van der Waals surface area contributed by atoms with Crippen molar-refractivity contribution in [2.45, 2.75) is 38.6 Å². The third-order valence-corrected chi connectivity index (χ3v) is 5.36. The Balaban J connectivity index is 1.68. The Morgan fingerprint density at radius 3 is 2.56 bits per heavy atom. The minimum absolute atomic E-state index is 0.211. The molecular weight excluding hydrogens is 350 g/mol.